The van der Waals surface area contributed by atoms with E-state index in [9.17, 15) is 0 Å². The lowest BCUT2D eigenvalue weighted by Crippen LogP contribution is -2.23. The Labute approximate surface area is 129 Å². The summed E-state index contributed by atoms with van der Waals surface area (Å²) in [4.78, 5) is 4.63. The number of fused-ring (bicyclic) bond motifs is 1. The molecule has 3 aromatic rings. The maximum Gasteiger partial charge on any atom is 0.0758 e. The van der Waals surface area contributed by atoms with Crippen LogP contribution in [0.4, 0.5) is 0 Å². The Balaban J connectivity index is 2.16. The van der Waals surface area contributed by atoms with Crippen LogP contribution in [0.15, 0.2) is 60.8 Å². The van der Waals surface area contributed by atoms with Gasteiger partial charge in [0.15, 0.2) is 0 Å². The summed E-state index contributed by atoms with van der Waals surface area (Å²) < 4.78 is 0. The van der Waals surface area contributed by atoms with Gasteiger partial charge >= 0.3 is 0 Å². The monoisotopic (exact) mass is 296 g/mol. The lowest BCUT2D eigenvalue weighted by molar-refractivity contribution is 0.620. The van der Waals surface area contributed by atoms with Crippen LogP contribution >= 0.6 is 11.6 Å². The summed E-state index contributed by atoms with van der Waals surface area (Å²) in [5.41, 5.74) is 2.17. The Bertz CT molecular complexity index is 750. The average molecular weight is 297 g/mol. The van der Waals surface area contributed by atoms with Gasteiger partial charge in [-0.05, 0) is 35.7 Å². The first-order valence-corrected chi connectivity index (χ1v) is 7.50. The highest BCUT2D eigenvalue weighted by Crippen LogP contribution is 2.28. The van der Waals surface area contributed by atoms with Gasteiger partial charge in [0.1, 0.15) is 0 Å². The number of halogens is 1. The van der Waals surface area contributed by atoms with Crippen molar-refractivity contribution in [3.63, 3.8) is 0 Å². The number of benzene rings is 2. The molecule has 0 spiro atoms. The zero-order valence-electron chi connectivity index (χ0n) is 11.9. The van der Waals surface area contributed by atoms with E-state index in [-0.39, 0.29) is 6.04 Å². The van der Waals surface area contributed by atoms with Gasteiger partial charge < -0.3 is 5.32 Å². The smallest absolute Gasteiger partial charge is 0.0758 e. The molecule has 2 aromatic carbocycles. The van der Waals surface area contributed by atoms with E-state index in [1.807, 2.05) is 36.5 Å². The molecule has 0 amide bonds. The molecule has 1 heterocycles. The predicted octanol–water partition coefficient (Wildman–Crippen LogP) is 4.59. The van der Waals surface area contributed by atoms with Crippen LogP contribution in [-0.4, -0.2) is 11.5 Å². The molecule has 0 saturated carbocycles. The summed E-state index contributed by atoms with van der Waals surface area (Å²) in [6, 6.07) is 18.4. The Hall–Kier alpha value is -1.90. The molecule has 1 aromatic heterocycles. The summed E-state index contributed by atoms with van der Waals surface area (Å²) in [5, 5.41) is 6.63. The summed E-state index contributed by atoms with van der Waals surface area (Å²) in [6.07, 6.45) is 1.87. The lowest BCUT2D eigenvalue weighted by atomic mass is 9.98. The topological polar surface area (TPSA) is 24.9 Å². The number of hydrogen-bond acceptors (Lipinski definition) is 2. The fourth-order valence-corrected chi connectivity index (χ4v) is 2.83. The highest BCUT2D eigenvalue weighted by molar-refractivity contribution is 6.30. The van der Waals surface area contributed by atoms with E-state index in [0.29, 0.717) is 0 Å². The minimum atomic E-state index is 0.0415. The number of nitrogens with one attached hydrogen (secondary N) is 1. The van der Waals surface area contributed by atoms with Crippen molar-refractivity contribution < 1.29 is 0 Å². The second-order valence-corrected chi connectivity index (χ2v) is 5.40. The molecule has 1 unspecified atom stereocenters. The van der Waals surface area contributed by atoms with Gasteiger partial charge in [0, 0.05) is 16.6 Å². The standard InChI is InChI=1S/C18H17ClN2/c1-2-20-17(14-7-5-8-15(19)12-14)18-16-9-4-3-6-13(16)10-11-21-18/h3-12,17,20H,2H2,1H3. The molecule has 0 aliphatic heterocycles. The van der Waals surface area contributed by atoms with Crippen molar-refractivity contribution in [3.8, 4) is 0 Å². The van der Waals surface area contributed by atoms with E-state index in [4.69, 9.17) is 11.6 Å². The first-order valence-electron chi connectivity index (χ1n) is 7.12. The molecule has 21 heavy (non-hydrogen) atoms. The maximum absolute atomic E-state index is 6.15. The third kappa shape index (κ3) is 2.92. The molecule has 0 bridgehead atoms. The van der Waals surface area contributed by atoms with Crippen molar-refractivity contribution in [1.29, 1.82) is 0 Å². The number of aromatic nitrogens is 1. The fourth-order valence-electron chi connectivity index (χ4n) is 2.64. The molecule has 106 valence electrons. The minimum absolute atomic E-state index is 0.0415. The van der Waals surface area contributed by atoms with Crippen LogP contribution in [-0.2, 0) is 0 Å². The summed E-state index contributed by atoms with van der Waals surface area (Å²) in [6.45, 7) is 2.96. The molecule has 1 atom stereocenters. The Morgan fingerprint density at radius 2 is 1.95 bits per heavy atom. The van der Waals surface area contributed by atoms with Gasteiger partial charge in [0.2, 0.25) is 0 Å². The molecular formula is C18H17ClN2. The van der Waals surface area contributed by atoms with Gasteiger partial charge in [-0.3, -0.25) is 4.98 Å². The van der Waals surface area contributed by atoms with Gasteiger partial charge in [0.05, 0.1) is 11.7 Å². The van der Waals surface area contributed by atoms with Crippen LogP contribution in [0, 0.1) is 0 Å². The van der Waals surface area contributed by atoms with E-state index < -0.39 is 0 Å². The third-order valence-corrected chi connectivity index (χ3v) is 3.80. The summed E-state index contributed by atoms with van der Waals surface area (Å²) >= 11 is 6.15. The summed E-state index contributed by atoms with van der Waals surface area (Å²) in [5.74, 6) is 0. The van der Waals surface area contributed by atoms with Gasteiger partial charge in [0.25, 0.3) is 0 Å². The average Bonchev–Trinajstić information content (AvgIpc) is 2.52. The third-order valence-electron chi connectivity index (χ3n) is 3.57. The predicted molar refractivity (Wildman–Crippen MR) is 88.7 cm³/mol. The fraction of sp³-hybridized carbons (Fsp3) is 0.167. The first-order chi connectivity index (χ1) is 10.3. The van der Waals surface area contributed by atoms with Crippen molar-refractivity contribution in [3.05, 3.63) is 77.1 Å². The number of rotatable bonds is 4. The second kappa shape index (κ2) is 6.25. The molecule has 0 saturated heterocycles. The van der Waals surface area contributed by atoms with Gasteiger partial charge in [-0.2, -0.15) is 0 Å². The van der Waals surface area contributed by atoms with Gasteiger partial charge in [-0.1, -0.05) is 54.9 Å². The van der Waals surface area contributed by atoms with Crippen molar-refractivity contribution in [2.75, 3.05) is 6.54 Å². The molecule has 2 nitrogen and oxygen atoms in total. The van der Waals surface area contributed by atoms with Crippen LogP contribution in [0.5, 0.6) is 0 Å². The van der Waals surface area contributed by atoms with E-state index in [0.717, 1.165) is 22.8 Å². The van der Waals surface area contributed by atoms with Crippen molar-refractivity contribution in [2.45, 2.75) is 13.0 Å². The van der Waals surface area contributed by atoms with Crippen LogP contribution < -0.4 is 5.32 Å². The Morgan fingerprint density at radius 3 is 2.76 bits per heavy atom. The molecule has 1 N–H and O–H groups in total. The molecule has 0 fully saturated rings. The molecule has 0 aliphatic carbocycles. The SMILES string of the molecule is CCNC(c1cccc(Cl)c1)c1nccc2ccccc12. The van der Waals surface area contributed by atoms with Crippen LogP contribution in [0.1, 0.15) is 24.2 Å². The Morgan fingerprint density at radius 1 is 1.10 bits per heavy atom. The van der Waals surface area contributed by atoms with E-state index in [1.54, 1.807) is 0 Å². The molecule has 3 heteroatoms. The minimum Gasteiger partial charge on any atom is -0.305 e. The van der Waals surface area contributed by atoms with Crippen molar-refractivity contribution in [2.24, 2.45) is 0 Å². The largest absolute Gasteiger partial charge is 0.305 e. The van der Waals surface area contributed by atoms with Crippen LogP contribution in [0.2, 0.25) is 5.02 Å². The van der Waals surface area contributed by atoms with Crippen LogP contribution in [0.3, 0.4) is 0 Å². The highest BCUT2D eigenvalue weighted by atomic mass is 35.5. The highest BCUT2D eigenvalue weighted by Gasteiger charge is 2.17. The first kappa shape index (κ1) is 14.1. The maximum atomic E-state index is 6.15. The van der Waals surface area contributed by atoms with Gasteiger partial charge in [-0.15, -0.1) is 0 Å². The molecular weight excluding hydrogens is 280 g/mol. The van der Waals surface area contributed by atoms with Crippen molar-refractivity contribution in [1.82, 2.24) is 10.3 Å². The molecule has 0 radical (unpaired) electrons. The van der Waals surface area contributed by atoms with E-state index >= 15 is 0 Å². The summed E-state index contributed by atoms with van der Waals surface area (Å²) in [7, 11) is 0. The normalized spacial score (nSPS) is 12.5. The number of hydrogen-bond donors (Lipinski definition) is 1. The lowest BCUT2D eigenvalue weighted by Gasteiger charge is -2.20. The molecule has 0 aliphatic rings. The number of pyridine rings is 1. The quantitative estimate of drug-likeness (QED) is 0.762. The zero-order valence-corrected chi connectivity index (χ0v) is 12.6. The van der Waals surface area contributed by atoms with E-state index in [2.05, 4.69) is 41.5 Å². The Kier molecular flexibility index (Phi) is 4.18. The van der Waals surface area contributed by atoms with Gasteiger partial charge in [-0.25, -0.2) is 0 Å². The number of nitrogens with zero attached hydrogens (tertiary/aromatic N) is 1. The van der Waals surface area contributed by atoms with E-state index in [1.165, 1.54) is 10.8 Å². The zero-order chi connectivity index (χ0) is 14.7. The molecule has 3 rings (SSSR count). The van der Waals surface area contributed by atoms with Crippen molar-refractivity contribution >= 4 is 22.4 Å². The second-order valence-electron chi connectivity index (χ2n) is 4.96. The van der Waals surface area contributed by atoms with Crippen LogP contribution in [0.25, 0.3) is 10.8 Å².